The molecule has 1 aliphatic heterocycles. The predicted octanol–water partition coefficient (Wildman–Crippen LogP) is 3.35. The topological polar surface area (TPSA) is 68.5 Å². The second-order valence-corrected chi connectivity index (χ2v) is 6.20. The van der Waals surface area contributed by atoms with Gasteiger partial charge in [-0.25, -0.2) is 9.37 Å². The van der Waals surface area contributed by atoms with Gasteiger partial charge in [0.2, 0.25) is 5.88 Å². The summed E-state index contributed by atoms with van der Waals surface area (Å²) in [5.74, 6) is 0.707. The molecule has 0 saturated carbocycles. The summed E-state index contributed by atoms with van der Waals surface area (Å²) in [7, 11) is 1.75. The van der Waals surface area contributed by atoms with Gasteiger partial charge in [0.25, 0.3) is 5.91 Å². The number of benzene rings is 1. The van der Waals surface area contributed by atoms with Crippen LogP contribution in [0.4, 0.5) is 4.39 Å². The van der Waals surface area contributed by atoms with Gasteiger partial charge in [-0.05, 0) is 36.8 Å². The zero-order chi connectivity index (χ0) is 18.3. The van der Waals surface area contributed by atoms with Crippen LogP contribution < -0.4 is 4.74 Å². The van der Waals surface area contributed by atoms with Crippen LogP contribution in [0, 0.1) is 12.7 Å². The van der Waals surface area contributed by atoms with Gasteiger partial charge in [-0.15, -0.1) is 0 Å². The standard InChI is InChI=1S/C19H16FN3O3/c1-11-16(18(22-26-11)12-3-5-14(20)6-4-12)10-25-17-7-13-9-23(2)19(24)15(13)8-21-17/h3-8H,9-10H2,1-2H3. The van der Waals surface area contributed by atoms with Crippen molar-refractivity contribution in [2.24, 2.45) is 0 Å². The molecule has 1 aliphatic rings. The minimum atomic E-state index is -0.311. The van der Waals surface area contributed by atoms with Crippen molar-refractivity contribution in [2.75, 3.05) is 7.05 Å². The lowest BCUT2D eigenvalue weighted by atomic mass is 10.1. The molecule has 0 unspecified atom stereocenters. The molecule has 2 aromatic heterocycles. The second-order valence-electron chi connectivity index (χ2n) is 6.20. The van der Waals surface area contributed by atoms with Gasteiger partial charge in [-0.3, -0.25) is 4.79 Å². The van der Waals surface area contributed by atoms with Gasteiger partial charge in [0, 0.05) is 31.4 Å². The number of pyridine rings is 1. The van der Waals surface area contributed by atoms with Crippen LogP contribution in [-0.4, -0.2) is 28.0 Å². The zero-order valence-corrected chi connectivity index (χ0v) is 14.3. The average molecular weight is 353 g/mol. The largest absolute Gasteiger partial charge is 0.473 e. The molecule has 1 amide bonds. The molecule has 0 radical (unpaired) electrons. The van der Waals surface area contributed by atoms with Crippen LogP contribution >= 0.6 is 0 Å². The number of hydrogen-bond acceptors (Lipinski definition) is 5. The van der Waals surface area contributed by atoms with Crippen molar-refractivity contribution in [3.63, 3.8) is 0 Å². The van der Waals surface area contributed by atoms with E-state index in [9.17, 15) is 9.18 Å². The molecule has 3 heterocycles. The zero-order valence-electron chi connectivity index (χ0n) is 14.3. The Hall–Kier alpha value is -3.22. The highest BCUT2D eigenvalue weighted by molar-refractivity contribution is 5.97. The van der Waals surface area contributed by atoms with Crippen molar-refractivity contribution in [1.82, 2.24) is 15.0 Å². The number of fused-ring (bicyclic) bond motifs is 1. The fourth-order valence-corrected chi connectivity index (χ4v) is 2.95. The molecule has 1 aromatic carbocycles. The number of rotatable bonds is 4. The highest BCUT2D eigenvalue weighted by Crippen LogP contribution is 2.28. The summed E-state index contributed by atoms with van der Waals surface area (Å²) in [5.41, 5.74) is 3.62. The van der Waals surface area contributed by atoms with E-state index in [2.05, 4.69) is 10.1 Å². The predicted molar refractivity (Wildman–Crippen MR) is 91.0 cm³/mol. The Balaban J connectivity index is 1.56. The van der Waals surface area contributed by atoms with Crippen LogP contribution in [-0.2, 0) is 13.2 Å². The highest BCUT2D eigenvalue weighted by Gasteiger charge is 2.25. The summed E-state index contributed by atoms with van der Waals surface area (Å²) in [6.45, 7) is 2.54. The van der Waals surface area contributed by atoms with E-state index in [0.717, 1.165) is 16.7 Å². The number of halogens is 1. The molecule has 6 nitrogen and oxygen atoms in total. The third-order valence-corrected chi connectivity index (χ3v) is 4.42. The maximum atomic E-state index is 13.1. The molecule has 0 aliphatic carbocycles. The van der Waals surface area contributed by atoms with Crippen LogP contribution in [0.3, 0.4) is 0 Å². The fourth-order valence-electron chi connectivity index (χ4n) is 2.95. The van der Waals surface area contributed by atoms with Gasteiger partial charge in [0.1, 0.15) is 23.9 Å². The summed E-state index contributed by atoms with van der Waals surface area (Å²) in [4.78, 5) is 17.8. The molecule has 0 spiro atoms. The van der Waals surface area contributed by atoms with Crippen molar-refractivity contribution in [3.8, 4) is 17.1 Å². The third kappa shape index (κ3) is 2.81. The molecule has 26 heavy (non-hydrogen) atoms. The minimum absolute atomic E-state index is 0.0347. The fraction of sp³-hybridized carbons (Fsp3) is 0.211. The lowest BCUT2D eigenvalue weighted by molar-refractivity contribution is 0.0816. The molecule has 0 atom stereocenters. The Labute approximate surface area is 149 Å². The van der Waals surface area contributed by atoms with E-state index in [4.69, 9.17) is 9.26 Å². The van der Waals surface area contributed by atoms with Crippen LogP contribution in [0.5, 0.6) is 5.88 Å². The molecule has 3 aromatic rings. The van der Waals surface area contributed by atoms with E-state index >= 15 is 0 Å². The van der Waals surface area contributed by atoms with Gasteiger partial charge < -0.3 is 14.2 Å². The maximum Gasteiger partial charge on any atom is 0.255 e. The lowest BCUT2D eigenvalue weighted by Gasteiger charge is -2.07. The molecular weight excluding hydrogens is 337 g/mol. The Kier molecular flexibility index (Phi) is 3.91. The molecule has 132 valence electrons. The molecule has 0 N–H and O–H groups in total. The molecular formula is C19H16FN3O3. The number of ether oxygens (including phenoxy) is 1. The summed E-state index contributed by atoms with van der Waals surface area (Å²) in [5, 5.41) is 4.06. The van der Waals surface area contributed by atoms with Gasteiger partial charge >= 0.3 is 0 Å². The van der Waals surface area contributed by atoms with E-state index in [1.54, 1.807) is 37.1 Å². The highest BCUT2D eigenvalue weighted by atomic mass is 19.1. The Morgan fingerprint density at radius 2 is 2.08 bits per heavy atom. The second kappa shape index (κ2) is 6.25. The molecule has 0 bridgehead atoms. The first-order chi connectivity index (χ1) is 12.5. The molecule has 4 rings (SSSR count). The van der Waals surface area contributed by atoms with Crippen LogP contribution in [0.1, 0.15) is 27.2 Å². The Bertz CT molecular complexity index is 982. The Morgan fingerprint density at radius 3 is 2.85 bits per heavy atom. The van der Waals surface area contributed by atoms with Crippen molar-refractivity contribution >= 4 is 5.91 Å². The molecule has 0 saturated heterocycles. The van der Waals surface area contributed by atoms with Gasteiger partial charge in [0.05, 0.1) is 11.1 Å². The number of aryl methyl sites for hydroxylation is 1. The molecule has 7 heteroatoms. The summed E-state index contributed by atoms with van der Waals surface area (Å²) < 4.78 is 24.2. The number of aromatic nitrogens is 2. The van der Waals surface area contributed by atoms with E-state index < -0.39 is 0 Å². The number of hydrogen-bond donors (Lipinski definition) is 0. The number of carbonyl (C=O) groups is 1. The van der Waals surface area contributed by atoms with Gasteiger partial charge in [0.15, 0.2) is 0 Å². The van der Waals surface area contributed by atoms with Gasteiger partial charge in [-0.1, -0.05) is 5.16 Å². The van der Waals surface area contributed by atoms with E-state index in [0.29, 0.717) is 29.4 Å². The van der Waals surface area contributed by atoms with Crippen molar-refractivity contribution in [3.05, 3.63) is 64.8 Å². The first-order valence-corrected chi connectivity index (χ1v) is 8.11. The summed E-state index contributed by atoms with van der Waals surface area (Å²) >= 11 is 0. The average Bonchev–Trinajstić information content (AvgIpc) is 3.13. The first kappa shape index (κ1) is 16.3. The minimum Gasteiger partial charge on any atom is -0.473 e. The van der Waals surface area contributed by atoms with E-state index in [1.165, 1.54) is 18.3 Å². The van der Waals surface area contributed by atoms with E-state index in [-0.39, 0.29) is 18.3 Å². The van der Waals surface area contributed by atoms with Crippen molar-refractivity contribution in [1.29, 1.82) is 0 Å². The van der Waals surface area contributed by atoms with Crippen LogP contribution in [0.25, 0.3) is 11.3 Å². The van der Waals surface area contributed by atoms with Crippen molar-refractivity contribution in [2.45, 2.75) is 20.1 Å². The maximum absolute atomic E-state index is 13.1. The summed E-state index contributed by atoms with van der Waals surface area (Å²) in [6.07, 6.45) is 1.54. The lowest BCUT2D eigenvalue weighted by Crippen LogP contribution is -2.17. The quantitative estimate of drug-likeness (QED) is 0.719. The van der Waals surface area contributed by atoms with Crippen LogP contribution in [0.2, 0.25) is 0 Å². The number of nitrogens with zero attached hydrogens (tertiary/aromatic N) is 3. The van der Waals surface area contributed by atoms with Crippen LogP contribution in [0.15, 0.2) is 41.1 Å². The smallest absolute Gasteiger partial charge is 0.255 e. The SMILES string of the molecule is Cc1onc(-c2ccc(F)cc2)c1COc1cc2c(cn1)C(=O)N(C)C2. The number of amides is 1. The monoisotopic (exact) mass is 353 g/mol. The number of carbonyl (C=O) groups excluding carboxylic acids is 1. The molecule has 0 fully saturated rings. The third-order valence-electron chi connectivity index (χ3n) is 4.42. The Morgan fingerprint density at radius 1 is 1.31 bits per heavy atom. The van der Waals surface area contributed by atoms with Crippen molar-refractivity contribution < 1.29 is 18.4 Å². The van der Waals surface area contributed by atoms with E-state index in [1.807, 2.05) is 0 Å². The normalized spacial score (nSPS) is 13.2. The first-order valence-electron chi connectivity index (χ1n) is 8.11. The van der Waals surface area contributed by atoms with Gasteiger partial charge in [-0.2, -0.15) is 0 Å². The summed E-state index contributed by atoms with van der Waals surface area (Å²) in [6, 6.07) is 7.81.